The number of hydrogen-bond donors (Lipinski definition) is 0. The van der Waals surface area contributed by atoms with Gasteiger partial charge in [0.25, 0.3) is 0 Å². The Morgan fingerprint density at radius 2 is 2.04 bits per heavy atom. The quantitative estimate of drug-likeness (QED) is 0.681. The summed E-state index contributed by atoms with van der Waals surface area (Å²) in [4.78, 5) is 16.1. The van der Waals surface area contributed by atoms with E-state index in [1.54, 1.807) is 0 Å². The van der Waals surface area contributed by atoms with E-state index in [2.05, 4.69) is 26.9 Å². The largest absolute Gasteiger partial charge is 0.339 e. The third-order valence-corrected chi connectivity index (χ3v) is 4.76. The van der Waals surface area contributed by atoms with Crippen LogP contribution in [-0.2, 0) is 25.8 Å². The van der Waals surface area contributed by atoms with E-state index in [0.717, 1.165) is 56.7 Å². The van der Waals surface area contributed by atoms with Gasteiger partial charge >= 0.3 is 0 Å². The lowest BCUT2D eigenvalue weighted by Gasteiger charge is -2.27. The molecule has 0 N–H and O–H groups in total. The van der Waals surface area contributed by atoms with Gasteiger partial charge in [-0.25, -0.2) is 9.97 Å². The molecule has 0 unspecified atom stereocenters. The summed E-state index contributed by atoms with van der Waals surface area (Å²) in [5.74, 6) is 2.30. The number of hydrogen-bond acceptors (Lipinski definition) is 6. The maximum atomic E-state index is 5.39. The van der Waals surface area contributed by atoms with Gasteiger partial charge in [0.1, 0.15) is 5.82 Å². The number of rotatable bonds is 6. The van der Waals surface area contributed by atoms with E-state index in [-0.39, 0.29) is 0 Å². The van der Waals surface area contributed by atoms with E-state index in [9.17, 15) is 0 Å². The Kier molecular flexibility index (Phi) is 5.02. The molecule has 1 aromatic carbocycles. The zero-order chi connectivity index (χ0) is 17.8. The highest BCUT2D eigenvalue weighted by Crippen LogP contribution is 2.18. The first-order valence-corrected chi connectivity index (χ1v) is 9.26. The minimum atomic E-state index is 0.663. The van der Waals surface area contributed by atoms with Gasteiger partial charge in [-0.3, -0.25) is 4.90 Å². The van der Waals surface area contributed by atoms with Gasteiger partial charge in [0.2, 0.25) is 11.7 Å². The summed E-state index contributed by atoms with van der Waals surface area (Å²) < 4.78 is 5.39. The highest BCUT2D eigenvalue weighted by atomic mass is 16.5. The van der Waals surface area contributed by atoms with Gasteiger partial charge in [-0.05, 0) is 24.9 Å². The molecule has 0 fully saturated rings. The number of benzene rings is 1. The van der Waals surface area contributed by atoms with Crippen molar-refractivity contribution in [1.82, 2.24) is 25.0 Å². The van der Waals surface area contributed by atoms with E-state index >= 15 is 0 Å². The van der Waals surface area contributed by atoms with Crippen molar-refractivity contribution in [3.63, 3.8) is 0 Å². The van der Waals surface area contributed by atoms with Crippen molar-refractivity contribution in [2.45, 2.75) is 39.2 Å². The molecule has 0 amide bonds. The van der Waals surface area contributed by atoms with Crippen LogP contribution < -0.4 is 0 Å². The molecule has 6 nitrogen and oxygen atoms in total. The summed E-state index contributed by atoms with van der Waals surface area (Å²) in [5, 5.41) is 4.08. The van der Waals surface area contributed by atoms with Crippen LogP contribution >= 0.6 is 0 Å². The van der Waals surface area contributed by atoms with Crippen molar-refractivity contribution >= 4 is 0 Å². The van der Waals surface area contributed by atoms with Gasteiger partial charge < -0.3 is 4.52 Å². The van der Waals surface area contributed by atoms with Crippen molar-refractivity contribution in [1.29, 1.82) is 0 Å². The maximum Gasteiger partial charge on any atom is 0.227 e. The molecule has 4 rings (SSSR count). The summed E-state index contributed by atoms with van der Waals surface area (Å²) in [6, 6.07) is 9.92. The van der Waals surface area contributed by atoms with Crippen molar-refractivity contribution < 1.29 is 4.52 Å². The fourth-order valence-corrected chi connectivity index (χ4v) is 3.27. The normalized spacial score (nSPS) is 14.3. The minimum Gasteiger partial charge on any atom is -0.339 e. The van der Waals surface area contributed by atoms with Crippen molar-refractivity contribution in [2.24, 2.45) is 0 Å². The fourth-order valence-electron chi connectivity index (χ4n) is 3.27. The molecule has 0 saturated heterocycles. The summed E-state index contributed by atoms with van der Waals surface area (Å²) in [5.41, 5.74) is 3.47. The van der Waals surface area contributed by atoms with E-state index < -0.39 is 0 Å². The van der Waals surface area contributed by atoms with Gasteiger partial charge in [0.05, 0.1) is 5.69 Å². The second kappa shape index (κ2) is 7.74. The van der Waals surface area contributed by atoms with Gasteiger partial charge in [0, 0.05) is 37.7 Å². The highest BCUT2D eigenvalue weighted by Gasteiger charge is 2.18. The lowest BCUT2D eigenvalue weighted by molar-refractivity contribution is 0.242. The first-order valence-electron chi connectivity index (χ1n) is 9.26. The molecule has 0 aliphatic carbocycles. The average molecular weight is 349 g/mol. The summed E-state index contributed by atoms with van der Waals surface area (Å²) >= 11 is 0. The molecular formula is C20H23N5O. The number of fused-ring (bicyclic) bond motifs is 1. The van der Waals surface area contributed by atoms with Crippen molar-refractivity contribution in [2.75, 3.05) is 13.1 Å². The Morgan fingerprint density at radius 1 is 1.15 bits per heavy atom. The van der Waals surface area contributed by atoms with Crippen LogP contribution in [-0.4, -0.2) is 38.1 Å². The molecule has 134 valence electrons. The Morgan fingerprint density at radius 3 is 2.88 bits per heavy atom. The van der Waals surface area contributed by atoms with Crippen LogP contribution in [0.4, 0.5) is 0 Å². The number of nitrogens with zero attached hydrogens (tertiary/aromatic N) is 5. The number of aromatic nitrogens is 4. The molecule has 0 atom stereocenters. The summed E-state index contributed by atoms with van der Waals surface area (Å²) in [6.45, 7) is 5.06. The van der Waals surface area contributed by atoms with Crippen LogP contribution in [0.2, 0.25) is 0 Å². The zero-order valence-electron chi connectivity index (χ0n) is 15.1. The Labute approximate surface area is 153 Å². The standard InChI is InChI=1S/C20H23N5O/c1-2-18-21-13-16-10-12-25(14-17(16)22-18)11-6-9-19-23-20(24-26-19)15-7-4-3-5-8-15/h3-5,7-8,13H,2,6,9-12,14H2,1H3. The lowest BCUT2D eigenvalue weighted by atomic mass is 10.1. The predicted octanol–water partition coefficient (Wildman–Crippen LogP) is 3.08. The van der Waals surface area contributed by atoms with E-state index in [1.807, 2.05) is 36.5 Å². The van der Waals surface area contributed by atoms with Crippen LogP contribution in [0.5, 0.6) is 0 Å². The molecule has 0 radical (unpaired) electrons. The zero-order valence-corrected chi connectivity index (χ0v) is 15.1. The van der Waals surface area contributed by atoms with Gasteiger partial charge in [-0.1, -0.05) is 42.4 Å². The second-order valence-electron chi connectivity index (χ2n) is 6.62. The molecule has 0 bridgehead atoms. The molecule has 3 heterocycles. The lowest BCUT2D eigenvalue weighted by Crippen LogP contribution is -2.32. The monoisotopic (exact) mass is 349 g/mol. The summed E-state index contributed by atoms with van der Waals surface area (Å²) in [6.07, 6.45) is 5.71. The Balaban J connectivity index is 1.31. The predicted molar refractivity (Wildman–Crippen MR) is 98.4 cm³/mol. The van der Waals surface area contributed by atoms with Crippen molar-refractivity contribution in [3.8, 4) is 11.4 Å². The topological polar surface area (TPSA) is 67.9 Å². The third-order valence-electron chi connectivity index (χ3n) is 4.76. The van der Waals surface area contributed by atoms with Crippen LogP contribution in [0.3, 0.4) is 0 Å². The molecule has 0 spiro atoms. The minimum absolute atomic E-state index is 0.663. The molecule has 6 heteroatoms. The smallest absolute Gasteiger partial charge is 0.227 e. The van der Waals surface area contributed by atoms with Crippen LogP contribution in [0.25, 0.3) is 11.4 Å². The molecule has 3 aromatic rings. The van der Waals surface area contributed by atoms with Crippen LogP contribution in [0, 0.1) is 0 Å². The van der Waals surface area contributed by atoms with Crippen LogP contribution in [0.1, 0.15) is 36.3 Å². The van der Waals surface area contributed by atoms with E-state index in [1.165, 1.54) is 11.3 Å². The Bertz CT molecular complexity index is 862. The third kappa shape index (κ3) is 3.80. The first kappa shape index (κ1) is 16.8. The molecule has 0 saturated carbocycles. The molecule has 26 heavy (non-hydrogen) atoms. The molecule has 2 aromatic heterocycles. The molecule has 1 aliphatic rings. The average Bonchev–Trinajstić information content (AvgIpc) is 3.17. The first-order chi connectivity index (χ1) is 12.8. The van der Waals surface area contributed by atoms with Crippen LogP contribution in [0.15, 0.2) is 41.1 Å². The SMILES string of the molecule is CCc1ncc2c(n1)CN(CCCc1nc(-c3ccccc3)no1)CC2. The molecular weight excluding hydrogens is 326 g/mol. The van der Waals surface area contributed by atoms with Gasteiger partial charge in [-0.2, -0.15) is 4.98 Å². The highest BCUT2D eigenvalue weighted by molar-refractivity contribution is 5.53. The van der Waals surface area contributed by atoms with Gasteiger partial charge in [-0.15, -0.1) is 0 Å². The second-order valence-corrected chi connectivity index (χ2v) is 6.62. The number of aryl methyl sites for hydroxylation is 2. The van der Waals surface area contributed by atoms with E-state index in [0.29, 0.717) is 11.7 Å². The van der Waals surface area contributed by atoms with E-state index in [4.69, 9.17) is 9.51 Å². The molecule has 1 aliphatic heterocycles. The maximum absolute atomic E-state index is 5.39. The van der Waals surface area contributed by atoms with Gasteiger partial charge in [0.15, 0.2) is 0 Å². The summed E-state index contributed by atoms with van der Waals surface area (Å²) in [7, 11) is 0. The Hall–Kier alpha value is -2.60. The van der Waals surface area contributed by atoms with Crippen molar-refractivity contribution in [3.05, 3.63) is 59.5 Å². The fraction of sp³-hybridized carbons (Fsp3) is 0.400.